The molecule has 0 spiro atoms. The normalized spacial score (nSPS) is 15.5. The van der Waals surface area contributed by atoms with Gasteiger partial charge in [0.2, 0.25) is 0 Å². The van der Waals surface area contributed by atoms with Crippen molar-refractivity contribution < 1.29 is 0 Å². The van der Waals surface area contributed by atoms with Crippen molar-refractivity contribution in [3.05, 3.63) is 22.4 Å². The highest BCUT2D eigenvalue weighted by Crippen LogP contribution is 2.18. The van der Waals surface area contributed by atoms with E-state index in [9.17, 15) is 0 Å². The molecule has 2 unspecified atom stereocenters. The van der Waals surface area contributed by atoms with Crippen LogP contribution in [0.4, 0.5) is 0 Å². The van der Waals surface area contributed by atoms with Gasteiger partial charge in [-0.25, -0.2) is 0 Å². The molecular formula is C13H25N3S. The van der Waals surface area contributed by atoms with Crippen molar-refractivity contribution in [2.75, 3.05) is 33.7 Å². The van der Waals surface area contributed by atoms with Gasteiger partial charge in [0.1, 0.15) is 0 Å². The van der Waals surface area contributed by atoms with Gasteiger partial charge in [-0.3, -0.25) is 4.90 Å². The molecule has 1 aromatic heterocycles. The van der Waals surface area contributed by atoms with E-state index in [0.717, 1.165) is 19.6 Å². The summed E-state index contributed by atoms with van der Waals surface area (Å²) >= 11 is 1.75. The van der Waals surface area contributed by atoms with Gasteiger partial charge in [0.15, 0.2) is 0 Å². The Morgan fingerprint density at radius 3 is 2.53 bits per heavy atom. The second-order valence-corrected chi connectivity index (χ2v) is 5.80. The summed E-state index contributed by atoms with van der Waals surface area (Å²) in [6.07, 6.45) is 0. The van der Waals surface area contributed by atoms with E-state index >= 15 is 0 Å². The summed E-state index contributed by atoms with van der Waals surface area (Å²) in [5.74, 6) is 0. The SMILES string of the molecule is CCN(CC(N)c1cccs1)C(C)CN(C)C. The average Bonchev–Trinajstić information content (AvgIpc) is 2.77. The lowest BCUT2D eigenvalue weighted by Gasteiger charge is -2.31. The van der Waals surface area contributed by atoms with Crippen molar-refractivity contribution in [1.82, 2.24) is 9.80 Å². The molecule has 98 valence electrons. The van der Waals surface area contributed by atoms with E-state index in [1.54, 1.807) is 11.3 Å². The van der Waals surface area contributed by atoms with E-state index in [0.29, 0.717) is 6.04 Å². The van der Waals surface area contributed by atoms with Crippen molar-refractivity contribution >= 4 is 11.3 Å². The monoisotopic (exact) mass is 255 g/mol. The number of thiophene rings is 1. The predicted molar refractivity (Wildman–Crippen MR) is 76.5 cm³/mol. The summed E-state index contributed by atoms with van der Waals surface area (Å²) in [7, 11) is 4.23. The number of rotatable bonds is 7. The van der Waals surface area contributed by atoms with Crippen LogP contribution in [0.25, 0.3) is 0 Å². The quantitative estimate of drug-likeness (QED) is 0.809. The minimum atomic E-state index is 0.138. The van der Waals surface area contributed by atoms with Crippen molar-refractivity contribution in [3.8, 4) is 0 Å². The predicted octanol–water partition coefficient (Wildman–Crippen LogP) is 2.02. The largest absolute Gasteiger partial charge is 0.322 e. The highest BCUT2D eigenvalue weighted by Gasteiger charge is 2.17. The van der Waals surface area contributed by atoms with Gasteiger partial charge >= 0.3 is 0 Å². The average molecular weight is 255 g/mol. The molecule has 1 aromatic rings. The third-order valence-corrected chi connectivity index (χ3v) is 4.00. The van der Waals surface area contributed by atoms with E-state index in [1.807, 2.05) is 0 Å². The fourth-order valence-electron chi connectivity index (χ4n) is 2.11. The van der Waals surface area contributed by atoms with Crippen LogP contribution < -0.4 is 5.73 Å². The molecular weight excluding hydrogens is 230 g/mol. The molecule has 2 N–H and O–H groups in total. The molecule has 0 saturated heterocycles. The van der Waals surface area contributed by atoms with Crippen LogP contribution in [0.15, 0.2) is 17.5 Å². The van der Waals surface area contributed by atoms with Crippen LogP contribution in [0.5, 0.6) is 0 Å². The summed E-state index contributed by atoms with van der Waals surface area (Å²) in [6, 6.07) is 4.87. The molecule has 0 bridgehead atoms. The van der Waals surface area contributed by atoms with Gasteiger partial charge in [0.25, 0.3) is 0 Å². The molecule has 0 aliphatic rings. The van der Waals surface area contributed by atoms with Crippen molar-refractivity contribution in [2.24, 2.45) is 5.73 Å². The maximum Gasteiger partial charge on any atom is 0.0519 e. The van der Waals surface area contributed by atoms with Crippen LogP contribution in [0, 0.1) is 0 Å². The van der Waals surface area contributed by atoms with Crippen LogP contribution in [0.2, 0.25) is 0 Å². The molecule has 1 heterocycles. The molecule has 0 aliphatic carbocycles. The third kappa shape index (κ3) is 4.76. The van der Waals surface area contributed by atoms with Gasteiger partial charge in [-0.05, 0) is 39.0 Å². The van der Waals surface area contributed by atoms with E-state index in [1.165, 1.54) is 4.88 Å². The Morgan fingerprint density at radius 1 is 1.35 bits per heavy atom. The van der Waals surface area contributed by atoms with E-state index in [-0.39, 0.29) is 6.04 Å². The van der Waals surface area contributed by atoms with Crippen LogP contribution in [0.3, 0.4) is 0 Å². The molecule has 2 atom stereocenters. The molecule has 4 heteroatoms. The number of hydrogen-bond donors (Lipinski definition) is 1. The highest BCUT2D eigenvalue weighted by atomic mass is 32.1. The molecule has 0 aromatic carbocycles. The van der Waals surface area contributed by atoms with Crippen LogP contribution in [-0.4, -0.2) is 49.6 Å². The second-order valence-electron chi connectivity index (χ2n) is 4.82. The topological polar surface area (TPSA) is 32.5 Å². The van der Waals surface area contributed by atoms with Gasteiger partial charge in [-0.2, -0.15) is 0 Å². The fourth-order valence-corrected chi connectivity index (χ4v) is 2.83. The lowest BCUT2D eigenvalue weighted by atomic mass is 10.2. The second kappa shape index (κ2) is 7.11. The maximum atomic E-state index is 6.24. The third-order valence-electron chi connectivity index (χ3n) is 3.00. The Morgan fingerprint density at radius 2 is 2.06 bits per heavy atom. The molecule has 17 heavy (non-hydrogen) atoms. The molecule has 0 fully saturated rings. The maximum absolute atomic E-state index is 6.24. The Balaban J connectivity index is 2.51. The molecule has 0 saturated carbocycles. The first-order valence-corrected chi connectivity index (χ1v) is 7.10. The molecule has 1 rings (SSSR count). The van der Waals surface area contributed by atoms with Gasteiger partial charge in [0.05, 0.1) is 6.04 Å². The van der Waals surface area contributed by atoms with E-state index < -0.39 is 0 Å². The summed E-state index contributed by atoms with van der Waals surface area (Å²) in [6.45, 7) is 7.53. The number of nitrogens with zero attached hydrogens (tertiary/aromatic N) is 2. The smallest absolute Gasteiger partial charge is 0.0519 e. The fraction of sp³-hybridized carbons (Fsp3) is 0.692. The van der Waals surface area contributed by atoms with Crippen LogP contribution >= 0.6 is 11.3 Å². The summed E-state index contributed by atoms with van der Waals surface area (Å²) in [5.41, 5.74) is 6.24. The molecule has 0 aliphatic heterocycles. The lowest BCUT2D eigenvalue weighted by molar-refractivity contribution is 0.173. The van der Waals surface area contributed by atoms with Crippen molar-refractivity contribution in [2.45, 2.75) is 25.9 Å². The number of nitrogens with two attached hydrogens (primary N) is 1. The minimum absolute atomic E-state index is 0.138. The van der Waals surface area contributed by atoms with Crippen LogP contribution in [0.1, 0.15) is 24.8 Å². The van der Waals surface area contributed by atoms with Gasteiger partial charge in [0, 0.05) is 24.0 Å². The van der Waals surface area contributed by atoms with E-state index in [4.69, 9.17) is 5.73 Å². The zero-order valence-electron chi connectivity index (χ0n) is 11.4. The van der Waals surface area contributed by atoms with Gasteiger partial charge < -0.3 is 10.6 Å². The molecule has 3 nitrogen and oxygen atoms in total. The van der Waals surface area contributed by atoms with Crippen LogP contribution in [-0.2, 0) is 0 Å². The van der Waals surface area contributed by atoms with Crippen molar-refractivity contribution in [3.63, 3.8) is 0 Å². The Labute approximate surface area is 109 Å². The highest BCUT2D eigenvalue weighted by molar-refractivity contribution is 7.10. The molecule has 0 amide bonds. The van der Waals surface area contributed by atoms with Gasteiger partial charge in [-0.1, -0.05) is 13.0 Å². The number of likely N-dealkylation sites (N-methyl/N-ethyl adjacent to an activating group) is 2. The zero-order chi connectivity index (χ0) is 12.8. The Hall–Kier alpha value is -0.420. The first kappa shape index (κ1) is 14.6. The minimum Gasteiger partial charge on any atom is -0.322 e. The summed E-state index contributed by atoms with van der Waals surface area (Å²) in [5, 5.41) is 2.09. The lowest BCUT2D eigenvalue weighted by Crippen LogP contribution is -2.43. The van der Waals surface area contributed by atoms with Gasteiger partial charge in [-0.15, -0.1) is 11.3 Å². The number of hydrogen-bond acceptors (Lipinski definition) is 4. The first-order chi connectivity index (χ1) is 8.04. The first-order valence-electron chi connectivity index (χ1n) is 6.22. The standard InChI is InChI=1S/C13H25N3S/c1-5-16(11(2)9-15(3)4)10-12(14)13-7-6-8-17-13/h6-8,11-12H,5,9-10,14H2,1-4H3. The zero-order valence-corrected chi connectivity index (χ0v) is 12.2. The Kier molecular flexibility index (Phi) is 6.12. The van der Waals surface area contributed by atoms with E-state index in [2.05, 4.69) is 55.3 Å². The molecule has 0 radical (unpaired) electrons. The van der Waals surface area contributed by atoms with Crippen molar-refractivity contribution in [1.29, 1.82) is 0 Å². The summed E-state index contributed by atoms with van der Waals surface area (Å²) in [4.78, 5) is 5.95. The summed E-state index contributed by atoms with van der Waals surface area (Å²) < 4.78 is 0. The Bertz CT molecular complexity index is 298.